The van der Waals surface area contributed by atoms with Crippen molar-refractivity contribution in [2.45, 2.75) is 96.8 Å². The highest BCUT2D eigenvalue weighted by Crippen LogP contribution is 2.12. The molecule has 0 bridgehead atoms. The fourth-order valence-electron chi connectivity index (χ4n) is 2.29. The molecule has 140 valence electrons. The Morgan fingerprint density at radius 1 is 0.696 bits per heavy atom. The van der Waals surface area contributed by atoms with E-state index < -0.39 is 13.8 Å². The summed E-state index contributed by atoms with van der Waals surface area (Å²) in [6.07, 6.45) is 16.9. The van der Waals surface area contributed by atoms with Crippen LogP contribution in [0.3, 0.4) is 0 Å². The number of aliphatic carboxylic acids is 1. The Balaban J connectivity index is 0. The maximum atomic E-state index is 10.2. The van der Waals surface area contributed by atoms with Crippen molar-refractivity contribution in [3.63, 3.8) is 0 Å². The van der Waals surface area contributed by atoms with Gasteiger partial charge >= 0.3 is 0 Å². The van der Waals surface area contributed by atoms with Gasteiger partial charge in [0.25, 0.3) is 0 Å². The second kappa shape index (κ2) is 17.9. The summed E-state index contributed by atoms with van der Waals surface area (Å²) in [6.45, 7) is 2.26. The molecule has 23 heavy (non-hydrogen) atoms. The smallest absolute Gasteiger partial charge is 0.0414 e. The van der Waals surface area contributed by atoms with Crippen molar-refractivity contribution in [2.24, 2.45) is 0 Å². The van der Waals surface area contributed by atoms with E-state index in [2.05, 4.69) is 6.92 Å². The molecular formula is C16H31O6P-4. The van der Waals surface area contributed by atoms with Crippen LogP contribution >= 0.6 is 7.82 Å². The summed E-state index contributed by atoms with van der Waals surface area (Å²) in [5, 5.41) is 10.2. The van der Waals surface area contributed by atoms with Crippen LogP contribution in [0, 0.1) is 0 Å². The van der Waals surface area contributed by atoms with Crippen LogP contribution in [0.2, 0.25) is 0 Å². The van der Waals surface area contributed by atoms with Gasteiger partial charge in [0.15, 0.2) is 0 Å². The third-order valence-electron chi connectivity index (χ3n) is 3.48. The Kier molecular flexibility index (Phi) is 19.4. The molecule has 0 aromatic rings. The van der Waals surface area contributed by atoms with Crippen molar-refractivity contribution in [2.75, 3.05) is 0 Å². The van der Waals surface area contributed by atoms with Crippen LogP contribution in [0.15, 0.2) is 0 Å². The van der Waals surface area contributed by atoms with Crippen molar-refractivity contribution in [1.82, 2.24) is 0 Å². The predicted molar refractivity (Wildman–Crippen MR) is 82.9 cm³/mol. The minimum Gasteiger partial charge on any atom is -0.822 e. The maximum absolute atomic E-state index is 10.2. The number of rotatable bonds is 14. The third kappa shape index (κ3) is 38.9. The first-order valence-electron chi connectivity index (χ1n) is 8.70. The van der Waals surface area contributed by atoms with Gasteiger partial charge in [-0.05, 0) is 12.8 Å². The molecule has 0 N–H and O–H groups in total. The summed E-state index contributed by atoms with van der Waals surface area (Å²) >= 11 is 0. The molecule has 0 rings (SSSR count). The number of unbranched alkanes of at least 4 members (excludes halogenated alkanes) is 12. The van der Waals surface area contributed by atoms with Gasteiger partial charge in [-0.25, -0.2) is 0 Å². The summed E-state index contributed by atoms with van der Waals surface area (Å²) in [5.74, 6) is -0.905. The molecule has 0 heterocycles. The molecule has 0 fully saturated rings. The molecule has 0 amide bonds. The minimum absolute atomic E-state index is 0.234. The van der Waals surface area contributed by atoms with Gasteiger partial charge in [-0.15, -0.1) is 0 Å². The normalized spacial score (nSPS) is 11.0. The Hall–Kier alpha value is -0.420. The molecule has 0 aliphatic rings. The Morgan fingerprint density at radius 3 is 1.22 bits per heavy atom. The summed E-state index contributed by atoms with van der Waals surface area (Å²) in [4.78, 5) is 35.8. The van der Waals surface area contributed by atoms with Gasteiger partial charge in [0.2, 0.25) is 0 Å². The highest BCUT2D eigenvalue weighted by molar-refractivity contribution is 7.40. The minimum atomic E-state index is -5.39. The average molecular weight is 350 g/mol. The van der Waals surface area contributed by atoms with Gasteiger partial charge in [0.05, 0.1) is 0 Å². The molecule has 0 saturated heterocycles. The lowest BCUT2D eigenvalue weighted by Crippen LogP contribution is -2.24. The lowest BCUT2D eigenvalue weighted by molar-refractivity contribution is -0.432. The first kappa shape index (κ1) is 24.8. The fraction of sp³-hybridized carbons (Fsp3) is 0.938. The van der Waals surface area contributed by atoms with Crippen LogP contribution in [0.4, 0.5) is 0 Å². The Labute approximate surface area is 140 Å². The molecule has 0 unspecified atom stereocenters. The van der Waals surface area contributed by atoms with Crippen molar-refractivity contribution in [3.05, 3.63) is 0 Å². The molecule has 0 atom stereocenters. The molecule has 0 saturated carbocycles. The largest absolute Gasteiger partial charge is 0.822 e. The quantitative estimate of drug-likeness (QED) is 0.344. The summed E-state index contributed by atoms with van der Waals surface area (Å²) in [5.41, 5.74) is 0. The lowest BCUT2D eigenvalue weighted by Gasteiger charge is -2.36. The lowest BCUT2D eigenvalue weighted by atomic mass is 10.0. The van der Waals surface area contributed by atoms with Crippen LogP contribution in [0.1, 0.15) is 96.8 Å². The van der Waals surface area contributed by atoms with Gasteiger partial charge in [-0.1, -0.05) is 84.0 Å². The van der Waals surface area contributed by atoms with E-state index in [0.29, 0.717) is 0 Å². The van der Waals surface area contributed by atoms with Gasteiger partial charge < -0.3 is 29.1 Å². The number of hydrogen-bond donors (Lipinski definition) is 0. The first-order valence-corrected chi connectivity index (χ1v) is 10.2. The zero-order chi connectivity index (χ0) is 18.0. The number of hydrogen-bond acceptors (Lipinski definition) is 6. The monoisotopic (exact) mass is 350 g/mol. The van der Waals surface area contributed by atoms with Crippen molar-refractivity contribution in [3.8, 4) is 0 Å². The molecule has 7 heteroatoms. The average Bonchev–Trinajstić information content (AvgIpc) is 2.42. The molecule has 0 spiro atoms. The van der Waals surface area contributed by atoms with E-state index in [0.717, 1.165) is 12.8 Å². The summed E-state index contributed by atoms with van der Waals surface area (Å²) in [6, 6.07) is 0. The molecule has 0 aliphatic heterocycles. The SMILES string of the molecule is CCCCCCCCCCCCCCCC(=O)[O-].O=P([O-])([O-])[O-]. The van der Waals surface area contributed by atoms with Gasteiger partial charge in [-0.2, -0.15) is 7.82 Å². The standard InChI is InChI=1S/C16H32O2.H3O4P/c1-2-3-4-5-6-7-8-9-10-11-12-13-14-15-16(17)18;1-5(2,3)4/h2-15H2,1H3,(H,17,18);(H3,1,2,3,4)/p-4. The van der Waals surface area contributed by atoms with E-state index >= 15 is 0 Å². The number of carbonyl (C=O) groups excluding carboxylic acids is 1. The van der Waals surface area contributed by atoms with E-state index in [-0.39, 0.29) is 6.42 Å². The number of carboxylic acid groups (broad SMARTS) is 1. The van der Waals surface area contributed by atoms with Crippen molar-refractivity contribution >= 4 is 13.8 Å². The molecule has 0 aliphatic carbocycles. The molecule has 6 nitrogen and oxygen atoms in total. The predicted octanol–water partition coefficient (Wildman–Crippen LogP) is 1.39. The Morgan fingerprint density at radius 2 is 0.957 bits per heavy atom. The second-order valence-electron chi connectivity index (χ2n) is 5.81. The number of carbonyl (C=O) groups is 1. The number of carboxylic acids is 1. The van der Waals surface area contributed by atoms with Crippen molar-refractivity contribution < 1.29 is 29.1 Å². The maximum Gasteiger partial charge on any atom is 0.0414 e. The van der Waals surface area contributed by atoms with E-state index in [1.807, 2.05) is 0 Å². The van der Waals surface area contributed by atoms with Crippen LogP contribution in [0.25, 0.3) is 0 Å². The zero-order valence-electron chi connectivity index (χ0n) is 14.3. The first-order chi connectivity index (χ1) is 10.8. The van der Waals surface area contributed by atoms with Crippen LogP contribution in [-0.2, 0) is 9.36 Å². The third-order valence-corrected chi connectivity index (χ3v) is 3.48. The Bertz CT molecular complexity index is 295. The van der Waals surface area contributed by atoms with E-state index in [1.165, 1.54) is 70.6 Å². The fourth-order valence-corrected chi connectivity index (χ4v) is 2.29. The zero-order valence-corrected chi connectivity index (χ0v) is 15.2. The van der Waals surface area contributed by atoms with Crippen molar-refractivity contribution in [1.29, 1.82) is 0 Å². The summed E-state index contributed by atoms with van der Waals surface area (Å²) in [7, 11) is -5.39. The van der Waals surface area contributed by atoms with E-state index in [4.69, 9.17) is 19.2 Å². The van der Waals surface area contributed by atoms with Crippen LogP contribution in [-0.4, -0.2) is 5.97 Å². The second-order valence-corrected chi connectivity index (χ2v) is 6.71. The molecule has 0 aromatic heterocycles. The molecule has 0 radical (unpaired) electrons. The van der Waals surface area contributed by atoms with E-state index in [9.17, 15) is 9.90 Å². The molecule has 0 aromatic carbocycles. The highest BCUT2D eigenvalue weighted by atomic mass is 31.2. The highest BCUT2D eigenvalue weighted by Gasteiger charge is 1.93. The van der Waals surface area contributed by atoms with Gasteiger partial charge in [0, 0.05) is 5.97 Å². The van der Waals surface area contributed by atoms with Gasteiger partial charge in [0.1, 0.15) is 0 Å². The van der Waals surface area contributed by atoms with Crippen LogP contribution in [0.5, 0.6) is 0 Å². The summed E-state index contributed by atoms with van der Waals surface area (Å²) < 4.78 is 8.55. The molecular weight excluding hydrogens is 319 g/mol. The van der Waals surface area contributed by atoms with Gasteiger partial charge in [-0.3, -0.25) is 0 Å². The van der Waals surface area contributed by atoms with E-state index in [1.54, 1.807) is 0 Å². The topological polar surface area (TPSA) is 126 Å². The van der Waals surface area contributed by atoms with Crippen LogP contribution < -0.4 is 19.8 Å². The number of phosphoric acid groups is 1.